The largest absolute Gasteiger partial charge is 0.340 e. The lowest BCUT2D eigenvalue weighted by atomic mass is 10.3. The van der Waals surface area contributed by atoms with Gasteiger partial charge >= 0.3 is 0 Å². The number of amides is 1. The van der Waals surface area contributed by atoms with Crippen LogP contribution < -0.4 is 5.32 Å². The molecule has 0 spiro atoms. The summed E-state index contributed by atoms with van der Waals surface area (Å²) < 4.78 is 0.719. The molecule has 0 aromatic carbocycles. The molecule has 1 aromatic rings. The van der Waals surface area contributed by atoms with Crippen LogP contribution in [-0.4, -0.2) is 17.4 Å². The third kappa shape index (κ3) is 3.90. The van der Waals surface area contributed by atoms with Crippen molar-refractivity contribution < 1.29 is 4.79 Å². The average molecular weight is 290 g/mol. The van der Waals surface area contributed by atoms with E-state index in [1.165, 1.54) is 6.20 Å². The van der Waals surface area contributed by atoms with Crippen LogP contribution in [-0.2, 0) is 0 Å². The summed E-state index contributed by atoms with van der Waals surface area (Å²) in [5.74, 6) is 1.91. The maximum absolute atomic E-state index is 11.4. The quantitative estimate of drug-likeness (QED) is 0.850. The van der Waals surface area contributed by atoms with Crippen LogP contribution in [0.2, 0.25) is 5.02 Å². The molecule has 5 heteroatoms. The van der Waals surface area contributed by atoms with Gasteiger partial charge in [0.15, 0.2) is 0 Å². The van der Waals surface area contributed by atoms with Crippen molar-refractivity contribution in [2.45, 2.75) is 7.43 Å². The van der Waals surface area contributed by atoms with E-state index >= 15 is 0 Å². The normalized spacial score (nSPS) is 8.60. The predicted molar refractivity (Wildman–Crippen MR) is 64.8 cm³/mol. The van der Waals surface area contributed by atoms with Gasteiger partial charge < -0.3 is 5.32 Å². The molecule has 0 bridgehead atoms. The van der Waals surface area contributed by atoms with Crippen molar-refractivity contribution in [1.82, 2.24) is 10.3 Å². The van der Waals surface area contributed by atoms with Crippen LogP contribution in [0.5, 0.6) is 0 Å². The van der Waals surface area contributed by atoms with Crippen molar-refractivity contribution in [2.75, 3.05) is 6.54 Å². The molecule has 0 saturated carbocycles. The van der Waals surface area contributed by atoms with Gasteiger partial charge in [0.1, 0.15) is 5.69 Å². The van der Waals surface area contributed by atoms with E-state index in [2.05, 4.69) is 32.2 Å². The van der Waals surface area contributed by atoms with E-state index in [-0.39, 0.29) is 30.6 Å². The Balaban J connectivity index is 0.00000196. The number of carbonyl (C=O) groups is 1. The molecule has 1 N–H and O–H groups in total. The number of nitrogens with one attached hydrogen (secondary N) is 1. The number of terminal acetylenes is 1. The molecule has 0 unspecified atom stereocenters. The molecule has 80 valence electrons. The molecule has 1 aromatic heterocycles. The standard InChI is InChI=1S/C9H6BrClN2O.CH4/c1-2-3-12-9(14)8-7(11)4-6(10)5-13-8;/h1,4-5H,3H2,(H,12,14);1H4. The van der Waals surface area contributed by atoms with E-state index in [4.69, 9.17) is 18.0 Å². The first kappa shape index (κ1) is 13.9. The highest BCUT2D eigenvalue weighted by molar-refractivity contribution is 9.10. The van der Waals surface area contributed by atoms with Gasteiger partial charge in [-0.05, 0) is 22.0 Å². The molecule has 15 heavy (non-hydrogen) atoms. The van der Waals surface area contributed by atoms with Crippen molar-refractivity contribution in [1.29, 1.82) is 0 Å². The Labute approximate surface area is 102 Å². The summed E-state index contributed by atoms with van der Waals surface area (Å²) in [6, 6.07) is 1.60. The average Bonchev–Trinajstić information content (AvgIpc) is 2.14. The molecule has 0 fully saturated rings. The van der Waals surface area contributed by atoms with Crippen LogP contribution in [0.15, 0.2) is 16.7 Å². The van der Waals surface area contributed by atoms with E-state index in [1.807, 2.05) is 0 Å². The van der Waals surface area contributed by atoms with Crippen LogP contribution >= 0.6 is 27.5 Å². The smallest absolute Gasteiger partial charge is 0.272 e. The molecular weight excluding hydrogens is 279 g/mol. The van der Waals surface area contributed by atoms with Crippen LogP contribution in [0, 0.1) is 12.3 Å². The monoisotopic (exact) mass is 288 g/mol. The Morgan fingerprint density at radius 1 is 1.73 bits per heavy atom. The van der Waals surface area contributed by atoms with E-state index < -0.39 is 0 Å². The maximum atomic E-state index is 11.4. The highest BCUT2D eigenvalue weighted by atomic mass is 79.9. The minimum absolute atomic E-state index is 0. The van der Waals surface area contributed by atoms with Crippen molar-refractivity contribution >= 4 is 33.4 Å². The molecule has 0 aliphatic heterocycles. The number of pyridine rings is 1. The Hall–Kier alpha value is -1.05. The van der Waals surface area contributed by atoms with Crippen LogP contribution in [0.4, 0.5) is 0 Å². The molecule has 0 radical (unpaired) electrons. The summed E-state index contributed by atoms with van der Waals surface area (Å²) in [6.45, 7) is 0.160. The second kappa shape index (κ2) is 6.44. The fourth-order valence-corrected chi connectivity index (χ4v) is 1.51. The van der Waals surface area contributed by atoms with Crippen molar-refractivity contribution in [3.63, 3.8) is 0 Å². The Morgan fingerprint density at radius 3 is 2.93 bits per heavy atom. The lowest BCUT2D eigenvalue weighted by Crippen LogP contribution is -2.24. The number of hydrogen-bond acceptors (Lipinski definition) is 2. The zero-order valence-corrected chi connectivity index (χ0v) is 9.39. The highest BCUT2D eigenvalue weighted by Gasteiger charge is 2.10. The first-order valence-electron chi connectivity index (χ1n) is 3.68. The van der Waals surface area contributed by atoms with Gasteiger partial charge in [-0.1, -0.05) is 24.9 Å². The molecule has 1 amide bonds. The van der Waals surface area contributed by atoms with Crippen LogP contribution in [0.3, 0.4) is 0 Å². The SMILES string of the molecule is C.C#CCNC(=O)c1ncc(Br)cc1Cl. The third-order valence-corrected chi connectivity index (χ3v) is 2.10. The number of nitrogens with zero attached hydrogens (tertiary/aromatic N) is 1. The fourth-order valence-electron chi connectivity index (χ4n) is 0.797. The maximum Gasteiger partial charge on any atom is 0.272 e. The van der Waals surface area contributed by atoms with Gasteiger partial charge in [0.05, 0.1) is 11.6 Å². The summed E-state index contributed by atoms with van der Waals surface area (Å²) in [4.78, 5) is 15.2. The minimum Gasteiger partial charge on any atom is -0.340 e. The lowest BCUT2D eigenvalue weighted by molar-refractivity contribution is 0.0954. The second-order valence-electron chi connectivity index (χ2n) is 2.37. The van der Waals surface area contributed by atoms with Gasteiger partial charge in [0.25, 0.3) is 5.91 Å². The van der Waals surface area contributed by atoms with Gasteiger partial charge in [-0.15, -0.1) is 6.42 Å². The number of hydrogen-bond donors (Lipinski definition) is 1. The van der Waals surface area contributed by atoms with Gasteiger partial charge in [0, 0.05) is 10.7 Å². The van der Waals surface area contributed by atoms with Crippen molar-refractivity contribution in [3.8, 4) is 12.3 Å². The first-order chi connectivity index (χ1) is 6.65. The minimum atomic E-state index is -0.375. The molecule has 3 nitrogen and oxygen atoms in total. The fraction of sp³-hybridized carbons (Fsp3) is 0.200. The summed E-state index contributed by atoms with van der Waals surface area (Å²) in [5, 5.41) is 2.76. The second-order valence-corrected chi connectivity index (χ2v) is 3.69. The zero-order valence-electron chi connectivity index (χ0n) is 7.05. The number of aromatic nitrogens is 1. The zero-order chi connectivity index (χ0) is 10.6. The number of halogens is 2. The summed E-state index contributed by atoms with van der Waals surface area (Å²) in [5.41, 5.74) is 0.171. The van der Waals surface area contributed by atoms with Crippen LogP contribution in [0.25, 0.3) is 0 Å². The van der Waals surface area contributed by atoms with Gasteiger partial charge in [-0.25, -0.2) is 4.98 Å². The van der Waals surface area contributed by atoms with Gasteiger partial charge in [-0.3, -0.25) is 4.79 Å². The molecule has 0 atom stereocenters. The Bertz CT molecular complexity index is 401. The van der Waals surface area contributed by atoms with Gasteiger partial charge in [0.2, 0.25) is 0 Å². The van der Waals surface area contributed by atoms with E-state index in [0.717, 1.165) is 4.47 Å². The Morgan fingerprint density at radius 2 is 2.40 bits per heavy atom. The summed E-state index contributed by atoms with van der Waals surface area (Å²) in [6.07, 6.45) is 6.49. The lowest BCUT2D eigenvalue weighted by Gasteiger charge is -2.02. The number of carbonyl (C=O) groups excluding carboxylic acids is 1. The van der Waals surface area contributed by atoms with Crippen LogP contribution in [0.1, 0.15) is 17.9 Å². The molecular formula is C10H10BrClN2O. The molecule has 1 heterocycles. The highest BCUT2D eigenvalue weighted by Crippen LogP contribution is 2.18. The Kier molecular flexibility index (Phi) is 5.99. The van der Waals surface area contributed by atoms with E-state index in [0.29, 0.717) is 0 Å². The van der Waals surface area contributed by atoms with Crippen molar-refractivity contribution in [3.05, 3.63) is 27.5 Å². The third-order valence-electron chi connectivity index (χ3n) is 1.37. The molecule has 1 rings (SSSR count). The number of rotatable bonds is 2. The predicted octanol–water partition coefficient (Wildman–Crippen LogP) is 2.50. The summed E-state index contributed by atoms with van der Waals surface area (Å²) >= 11 is 8.99. The molecule has 0 aliphatic rings. The van der Waals surface area contributed by atoms with Crippen molar-refractivity contribution in [2.24, 2.45) is 0 Å². The van der Waals surface area contributed by atoms with Gasteiger partial charge in [-0.2, -0.15) is 0 Å². The van der Waals surface area contributed by atoms with E-state index in [1.54, 1.807) is 6.07 Å². The van der Waals surface area contributed by atoms with E-state index in [9.17, 15) is 4.79 Å². The topological polar surface area (TPSA) is 42.0 Å². The first-order valence-corrected chi connectivity index (χ1v) is 4.85. The molecule has 0 aliphatic carbocycles. The summed E-state index contributed by atoms with van der Waals surface area (Å²) in [7, 11) is 0. The molecule has 0 saturated heterocycles.